The lowest BCUT2D eigenvalue weighted by molar-refractivity contribution is 0.0798. The topological polar surface area (TPSA) is 47.5 Å². The number of furan rings is 2. The monoisotopic (exact) mass is 261 g/mol. The van der Waals surface area contributed by atoms with Crippen molar-refractivity contribution in [2.45, 2.75) is 45.6 Å². The fourth-order valence-corrected chi connectivity index (χ4v) is 2.02. The van der Waals surface area contributed by atoms with Gasteiger partial charge in [-0.25, -0.2) is 0 Å². The molecule has 0 bridgehead atoms. The summed E-state index contributed by atoms with van der Waals surface area (Å²) in [6, 6.07) is 6.55. The molecule has 1 saturated carbocycles. The molecule has 102 valence electrons. The van der Waals surface area contributed by atoms with Crippen LogP contribution in [0.5, 0.6) is 0 Å². The molecule has 19 heavy (non-hydrogen) atoms. The smallest absolute Gasteiger partial charge is 0.130 e. The minimum absolute atomic E-state index is 0.475. The Kier molecular flexibility index (Phi) is 3.71. The molecule has 2 aromatic rings. The molecule has 1 aliphatic carbocycles. The van der Waals surface area contributed by atoms with Crippen LogP contribution < -0.4 is 5.32 Å². The van der Waals surface area contributed by atoms with Crippen LogP contribution in [0, 0.1) is 6.92 Å². The molecule has 0 spiro atoms. The Bertz CT molecular complexity index is 511. The lowest BCUT2D eigenvalue weighted by Crippen LogP contribution is -2.15. The van der Waals surface area contributed by atoms with Gasteiger partial charge in [-0.3, -0.25) is 0 Å². The highest BCUT2D eigenvalue weighted by Gasteiger charge is 2.20. The van der Waals surface area contributed by atoms with Crippen molar-refractivity contribution in [1.82, 2.24) is 5.32 Å². The van der Waals surface area contributed by atoms with Crippen LogP contribution in [0.4, 0.5) is 0 Å². The predicted octanol–water partition coefficient (Wildman–Crippen LogP) is 3.15. The quantitative estimate of drug-likeness (QED) is 0.831. The van der Waals surface area contributed by atoms with Gasteiger partial charge in [-0.05, 0) is 38.0 Å². The summed E-state index contributed by atoms with van der Waals surface area (Å²) in [5, 5.41) is 3.49. The lowest BCUT2D eigenvalue weighted by Gasteiger charge is -1.99. The van der Waals surface area contributed by atoms with E-state index in [1.807, 2.05) is 19.1 Å². The Morgan fingerprint density at radius 2 is 2.16 bits per heavy atom. The number of nitrogens with one attached hydrogen (secondary N) is 1. The van der Waals surface area contributed by atoms with Crippen molar-refractivity contribution >= 4 is 0 Å². The van der Waals surface area contributed by atoms with Gasteiger partial charge in [-0.15, -0.1) is 0 Å². The molecule has 0 aliphatic heterocycles. The molecule has 0 saturated heterocycles. The molecule has 1 aliphatic rings. The normalized spacial score (nSPS) is 15.0. The highest BCUT2D eigenvalue weighted by molar-refractivity contribution is 5.20. The number of aryl methyl sites for hydroxylation is 1. The standard InChI is InChI=1S/C15H19NO3/c1-11-12(8-16-13-4-5-13)7-15(19-11)10-17-9-14-3-2-6-18-14/h2-3,6-7,13,16H,4-5,8-10H2,1H3. The van der Waals surface area contributed by atoms with Crippen LogP contribution in [0.1, 0.15) is 35.7 Å². The summed E-state index contributed by atoms with van der Waals surface area (Å²) in [6.45, 7) is 3.84. The molecule has 1 fully saturated rings. The molecule has 2 heterocycles. The summed E-state index contributed by atoms with van der Waals surface area (Å²) >= 11 is 0. The van der Waals surface area contributed by atoms with E-state index in [0.29, 0.717) is 19.3 Å². The first kappa shape index (κ1) is 12.5. The Hall–Kier alpha value is -1.52. The van der Waals surface area contributed by atoms with Gasteiger partial charge in [-0.1, -0.05) is 0 Å². The van der Waals surface area contributed by atoms with Gasteiger partial charge in [0.1, 0.15) is 30.5 Å². The van der Waals surface area contributed by atoms with Crippen LogP contribution in [0.2, 0.25) is 0 Å². The van der Waals surface area contributed by atoms with Crippen molar-refractivity contribution in [3.8, 4) is 0 Å². The second kappa shape index (κ2) is 5.63. The van der Waals surface area contributed by atoms with E-state index in [9.17, 15) is 0 Å². The number of rotatable bonds is 7. The fraction of sp³-hybridized carbons (Fsp3) is 0.467. The Morgan fingerprint density at radius 1 is 1.32 bits per heavy atom. The van der Waals surface area contributed by atoms with Crippen LogP contribution in [0.15, 0.2) is 33.3 Å². The first-order valence-corrected chi connectivity index (χ1v) is 6.73. The summed E-state index contributed by atoms with van der Waals surface area (Å²) in [5.74, 6) is 2.68. The number of ether oxygens (including phenoxy) is 1. The fourth-order valence-electron chi connectivity index (χ4n) is 2.02. The van der Waals surface area contributed by atoms with Gasteiger partial charge < -0.3 is 18.9 Å². The predicted molar refractivity (Wildman–Crippen MR) is 70.5 cm³/mol. The highest BCUT2D eigenvalue weighted by Crippen LogP contribution is 2.21. The molecule has 0 amide bonds. The summed E-state index contributed by atoms with van der Waals surface area (Å²) in [5.41, 5.74) is 1.23. The van der Waals surface area contributed by atoms with Crippen LogP contribution >= 0.6 is 0 Å². The van der Waals surface area contributed by atoms with E-state index in [2.05, 4.69) is 11.4 Å². The summed E-state index contributed by atoms with van der Waals surface area (Å²) in [4.78, 5) is 0. The molecule has 0 aromatic carbocycles. The van der Waals surface area contributed by atoms with Crippen molar-refractivity contribution in [3.05, 3.63) is 47.3 Å². The summed E-state index contributed by atoms with van der Waals surface area (Å²) < 4.78 is 16.5. The second-order valence-electron chi connectivity index (χ2n) is 5.02. The van der Waals surface area contributed by atoms with Crippen LogP contribution in [-0.2, 0) is 24.5 Å². The zero-order valence-electron chi connectivity index (χ0n) is 11.1. The first-order valence-electron chi connectivity index (χ1n) is 6.73. The van der Waals surface area contributed by atoms with Gasteiger partial charge in [0.25, 0.3) is 0 Å². The molecule has 4 heteroatoms. The maximum absolute atomic E-state index is 5.69. The van der Waals surface area contributed by atoms with Gasteiger partial charge >= 0.3 is 0 Å². The molecule has 0 atom stereocenters. The van der Waals surface area contributed by atoms with Gasteiger partial charge in [0.15, 0.2) is 0 Å². The Labute approximate surface area is 112 Å². The second-order valence-corrected chi connectivity index (χ2v) is 5.02. The zero-order chi connectivity index (χ0) is 13.1. The molecule has 1 N–H and O–H groups in total. The van der Waals surface area contributed by atoms with Gasteiger partial charge in [0.2, 0.25) is 0 Å². The minimum Gasteiger partial charge on any atom is -0.467 e. The SMILES string of the molecule is Cc1oc(COCc2ccco2)cc1CNC1CC1. The van der Waals surface area contributed by atoms with Crippen LogP contribution in [0.25, 0.3) is 0 Å². The molecule has 0 unspecified atom stereocenters. The van der Waals surface area contributed by atoms with Gasteiger partial charge in [0, 0.05) is 18.2 Å². The van der Waals surface area contributed by atoms with E-state index in [4.69, 9.17) is 13.6 Å². The number of hydrogen-bond acceptors (Lipinski definition) is 4. The third-order valence-electron chi connectivity index (χ3n) is 3.30. The van der Waals surface area contributed by atoms with Crippen molar-refractivity contribution in [1.29, 1.82) is 0 Å². The zero-order valence-corrected chi connectivity index (χ0v) is 11.1. The minimum atomic E-state index is 0.475. The van der Waals surface area contributed by atoms with Gasteiger partial charge in [-0.2, -0.15) is 0 Å². The largest absolute Gasteiger partial charge is 0.467 e. The Balaban J connectivity index is 1.48. The van der Waals surface area contributed by atoms with Crippen molar-refractivity contribution in [3.63, 3.8) is 0 Å². The van der Waals surface area contributed by atoms with Crippen LogP contribution in [-0.4, -0.2) is 6.04 Å². The van der Waals surface area contributed by atoms with Crippen LogP contribution in [0.3, 0.4) is 0 Å². The highest BCUT2D eigenvalue weighted by atomic mass is 16.5. The van der Waals surface area contributed by atoms with Crippen molar-refractivity contribution in [2.75, 3.05) is 0 Å². The van der Waals surface area contributed by atoms with Crippen molar-refractivity contribution < 1.29 is 13.6 Å². The van der Waals surface area contributed by atoms with E-state index in [1.165, 1.54) is 18.4 Å². The van der Waals surface area contributed by atoms with E-state index in [-0.39, 0.29) is 0 Å². The Morgan fingerprint density at radius 3 is 2.89 bits per heavy atom. The maximum Gasteiger partial charge on any atom is 0.130 e. The summed E-state index contributed by atoms with van der Waals surface area (Å²) in [6.07, 6.45) is 4.25. The van der Waals surface area contributed by atoms with E-state index in [0.717, 1.165) is 23.8 Å². The molecule has 3 rings (SSSR count). The average Bonchev–Trinajstić information content (AvgIpc) is 2.95. The third-order valence-corrected chi connectivity index (χ3v) is 3.30. The maximum atomic E-state index is 5.69. The van der Waals surface area contributed by atoms with Crippen molar-refractivity contribution in [2.24, 2.45) is 0 Å². The molecular weight excluding hydrogens is 242 g/mol. The molecule has 2 aromatic heterocycles. The van der Waals surface area contributed by atoms with Gasteiger partial charge in [0.05, 0.1) is 6.26 Å². The van der Waals surface area contributed by atoms with E-state index >= 15 is 0 Å². The molecular formula is C15H19NO3. The van der Waals surface area contributed by atoms with E-state index < -0.39 is 0 Å². The number of hydrogen-bond donors (Lipinski definition) is 1. The first-order chi connectivity index (χ1) is 9.31. The lowest BCUT2D eigenvalue weighted by atomic mass is 10.2. The molecule has 0 radical (unpaired) electrons. The molecule has 4 nitrogen and oxygen atoms in total. The van der Waals surface area contributed by atoms with E-state index in [1.54, 1.807) is 6.26 Å². The average molecular weight is 261 g/mol. The third kappa shape index (κ3) is 3.49. The summed E-state index contributed by atoms with van der Waals surface area (Å²) in [7, 11) is 0.